The molecule has 1 aromatic heterocycles. The van der Waals surface area contributed by atoms with Crippen molar-refractivity contribution in [3.63, 3.8) is 0 Å². The second-order valence-corrected chi connectivity index (χ2v) is 15.4. The first-order valence-corrected chi connectivity index (χ1v) is 20.2. The predicted molar refractivity (Wildman–Crippen MR) is 227 cm³/mol. The Hall–Kier alpha value is -7.14. The number of phenols is 1. The van der Waals surface area contributed by atoms with Crippen LogP contribution in [0.25, 0.3) is 32.8 Å². The monoisotopic (exact) mass is 862 g/mol. The number of phenolic OH excluding ortho intramolecular Hbond substituents is 1. The highest BCUT2D eigenvalue weighted by Crippen LogP contribution is 2.42. The first-order valence-electron chi connectivity index (χ1n) is 19.9. The van der Waals surface area contributed by atoms with Crippen molar-refractivity contribution in [2.75, 3.05) is 63.1 Å². The third-order valence-corrected chi connectivity index (χ3v) is 11.5. The van der Waals surface area contributed by atoms with Gasteiger partial charge in [-0.15, -0.1) is 0 Å². The molecule has 2 fully saturated rings. The molecule has 0 radical (unpaired) electrons. The number of carbonyl (C=O) groups excluding carboxylic acids is 6. The van der Waals surface area contributed by atoms with Gasteiger partial charge in [0.15, 0.2) is 5.82 Å². The lowest BCUT2D eigenvalue weighted by atomic mass is 9.96. The Kier molecular flexibility index (Phi) is 11.5. The van der Waals surface area contributed by atoms with Gasteiger partial charge in [-0.2, -0.15) is 4.98 Å². The van der Waals surface area contributed by atoms with E-state index in [1.807, 2.05) is 23.1 Å². The van der Waals surface area contributed by atoms with Crippen LogP contribution in [-0.4, -0.2) is 124 Å². The number of rotatable bonds is 12. The van der Waals surface area contributed by atoms with Crippen molar-refractivity contribution >= 4 is 80.5 Å². The van der Waals surface area contributed by atoms with Gasteiger partial charge in [-0.3, -0.25) is 39.0 Å². The van der Waals surface area contributed by atoms with E-state index in [1.165, 1.54) is 35.2 Å². The van der Waals surface area contributed by atoms with Gasteiger partial charge < -0.3 is 29.9 Å². The largest absolute Gasteiger partial charge is 0.508 e. The second-order valence-electron chi connectivity index (χ2n) is 15.0. The van der Waals surface area contributed by atoms with E-state index in [4.69, 9.17) is 21.3 Å². The number of likely N-dealkylation sites (N-methyl/N-ethyl adjacent to an activating group) is 1. The number of aromatic nitrogens is 2. The number of hydrogen-bond acceptors (Lipinski definition) is 12. The average molecular weight is 863 g/mol. The maximum Gasteiger partial charge on any atom is 0.262 e. The summed E-state index contributed by atoms with van der Waals surface area (Å²) in [5, 5.41) is 17.6. The van der Waals surface area contributed by atoms with Gasteiger partial charge in [0, 0.05) is 63.6 Å². The minimum Gasteiger partial charge on any atom is -0.508 e. The van der Waals surface area contributed by atoms with Crippen molar-refractivity contribution < 1.29 is 43.0 Å². The third kappa shape index (κ3) is 7.93. The number of hydrogen-bond donors (Lipinski definition) is 3. The zero-order valence-corrected chi connectivity index (χ0v) is 34.2. The number of aromatic hydroxyl groups is 1. The first kappa shape index (κ1) is 41.6. The lowest BCUT2D eigenvalue weighted by Gasteiger charge is -2.35. The smallest absolute Gasteiger partial charge is 0.262 e. The molecule has 3 aliphatic rings. The van der Waals surface area contributed by atoms with Crippen LogP contribution in [0.5, 0.6) is 11.5 Å². The third-order valence-electron chi connectivity index (χ3n) is 11.2. The van der Waals surface area contributed by atoms with Gasteiger partial charge in [0.1, 0.15) is 35.5 Å². The number of imide groups is 2. The summed E-state index contributed by atoms with van der Waals surface area (Å²) in [5.41, 5.74) is 0.593. The lowest BCUT2D eigenvalue weighted by Crippen LogP contribution is -2.54. The van der Waals surface area contributed by atoms with Crippen molar-refractivity contribution in [2.24, 2.45) is 0 Å². The highest BCUT2D eigenvalue weighted by molar-refractivity contribution is 6.35. The Balaban J connectivity index is 0.955. The van der Waals surface area contributed by atoms with Gasteiger partial charge in [0.05, 0.1) is 22.7 Å². The van der Waals surface area contributed by atoms with E-state index in [0.717, 1.165) is 4.90 Å². The van der Waals surface area contributed by atoms with Crippen molar-refractivity contribution in [3.8, 4) is 22.6 Å². The SMILES string of the molecule is C=CC(=O)N1CCN(c2nc(NCCC(=O)N(C)CCOc3ccc4c(c3)C(=O)N(C3CCC(=O)NC3=O)C4=O)nc3c(F)c(-c4cc(O)cc5ccccc45)c(Cl)cc23)CC1. The number of carbonyl (C=O) groups is 6. The number of fused-ring (bicyclic) bond motifs is 3. The van der Waals surface area contributed by atoms with Gasteiger partial charge in [-0.05, 0) is 65.2 Å². The minimum absolute atomic E-state index is 0.00480. The number of ether oxygens (including phenoxy) is 1. The zero-order valence-electron chi connectivity index (χ0n) is 33.5. The molecule has 18 heteroatoms. The number of amides is 6. The second kappa shape index (κ2) is 17.1. The van der Waals surface area contributed by atoms with E-state index < -0.39 is 35.5 Å². The fourth-order valence-electron chi connectivity index (χ4n) is 7.95. The molecule has 1 atom stereocenters. The van der Waals surface area contributed by atoms with Crippen LogP contribution in [0.15, 0.2) is 73.3 Å². The molecular weight excluding hydrogens is 823 g/mol. The van der Waals surface area contributed by atoms with Gasteiger partial charge in [-0.25, -0.2) is 9.37 Å². The van der Waals surface area contributed by atoms with E-state index in [1.54, 1.807) is 30.1 Å². The molecule has 2 saturated heterocycles. The quantitative estimate of drug-likeness (QED) is 0.117. The van der Waals surface area contributed by atoms with Crippen molar-refractivity contribution in [1.82, 2.24) is 30.0 Å². The lowest BCUT2D eigenvalue weighted by molar-refractivity contribution is -0.136. The number of halogens is 2. The fourth-order valence-corrected chi connectivity index (χ4v) is 8.25. The molecule has 1 unspecified atom stereocenters. The molecule has 0 aliphatic carbocycles. The Morgan fingerprint density at radius 1 is 1.00 bits per heavy atom. The summed E-state index contributed by atoms with van der Waals surface area (Å²) < 4.78 is 22.8. The number of piperidine rings is 1. The highest BCUT2D eigenvalue weighted by atomic mass is 35.5. The van der Waals surface area contributed by atoms with Crippen molar-refractivity contribution in [3.05, 3.63) is 95.3 Å². The van der Waals surface area contributed by atoms with Crippen LogP contribution >= 0.6 is 11.6 Å². The summed E-state index contributed by atoms with van der Waals surface area (Å²) in [6.07, 6.45) is 1.31. The molecule has 6 amide bonds. The van der Waals surface area contributed by atoms with Gasteiger partial charge in [0.25, 0.3) is 11.8 Å². The van der Waals surface area contributed by atoms with Crippen LogP contribution in [0.3, 0.4) is 0 Å². The molecule has 3 N–H and O–H groups in total. The Bertz CT molecular complexity index is 2720. The van der Waals surface area contributed by atoms with E-state index >= 15 is 4.39 Å². The molecule has 0 bridgehead atoms. The van der Waals surface area contributed by atoms with Gasteiger partial charge >= 0.3 is 0 Å². The van der Waals surface area contributed by atoms with Gasteiger partial charge in [0.2, 0.25) is 29.6 Å². The fraction of sp³-hybridized carbons (Fsp3) is 0.273. The van der Waals surface area contributed by atoms with Crippen LogP contribution in [0.4, 0.5) is 16.2 Å². The number of benzene rings is 4. The zero-order chi connectivity index (χ0) is 43.8. The molecule has 4 aromatic carbocycles. The number of nitrogens with one attached hydrogen (secondary N) is 2. The minimum atomic E-state index is -1.09. The van der Waals surface area contributed by atoms with Crippen LogP contribution < -0.4 is 20.3 Å². The maximum absolute atomic E-state index is 16.9. The van der Waals surface area contributed by atoms with E-state index in [-0.39, 0.29) is 95.5 Å². The topological polar surface area (TPSA) is 195 Å². The predicted octanol–water partition coefficient (Wildman–Crippen LogP) is 4.52. The number of nitrogens with zero attached hydrogens (tertiary/aromatic N) is 6. The van der Waals surface area contributed by atoms with Crippen molar-refractivity contribution in [1.29, 1.82) is 0 Å². The molecule has 16 nitrogen and oxygen atoms in total. The van der Waals surface area contributed by atoms with E-state index in [2.05, 4.69) is 22.2 Å². The summed E-state index contributed by atoms with van der Waals surface area (Å²) in [7, 11) is 1.60. The summed E-state index contributed by atoms with van der Waals surface area (Å²) >= 11 is 6.85. The van der Waals surface area contributed by atoms with Gasteiger partial charge in [-0.1, -0.05) is 42.4 Å². The molecule has 62 heavy (non-hydrogen) atoms. The first-order chi connectivity index (χ1) is 29.8. The summed E-state index contributed by atoms with van der Waals surface area (Å²) in [6, 6.07) is 15.2. The number of piperazine rings is 1. The normalized spacial score (nSPS) is 16.4. The molecule has 0 spiro atoms. The Labute approximate surface area is 358 Å². The molecular formula is C44H40ClFN8O8. The average Bonchev–Trinajstić information content (AvgIpc) is 3.50. The summed E-state index contributed by atoms with van der Waals surface area (Å²) in [5.74, 6) is -2.97. The number of anilines is 2. The van der Waals surface area contributed by atoms with Crippen LogP contribution in [0.1, 0.15) is 40.0 Å². The standard InChI is InChI=1S/C44H40ClFN8O8/c1-3-35(57)52-14-16-53(17-15-52)40-31-23-32(45)37(29-21-25(55)20-24-6-4-5-7-27(24)29)38(46)39(31)49-44(50-40)47-13-12-36(58)51(2)18-19-62-26-8-9-28-30(22-26)43(61)54(42(28)60)33-10-11-34(56)48-41(33)59/h3-9,20-23,33,55H,1,10-19H2,2H3,(H,47,49,50)(H,48,56,59). The Morgan fingerprint density at radius 3 is 2.52 bits per heavy atom. The molecule has 3 aliphatic heterocycles. The molecule has 5 aromatic rings. The molecule has 0 saturated carbocycles. The highest BCUT2D eigenvalue weighted by Gasteiger charge is 2.44. The van der Waals surface area contributed by atoms with Crippen LogP contribution in [-0.2, 0) is 19.2 Å². The molecule has 4 heterocycles. The molecule has 318 valence electrons. The van der Waals surface area contributed by atoms with Crippen LogP contribution in [0, 0.1) is 5.82 Å². The molecule has 8 rings (SSSR count). The summed E-state index contributed by atoms with van der Waals surface area (Å²) in [4.78, 5) is 91.0. The summed E-state index contributed by atoms with van der Waals surface area (Å²) in [6.45, 7) is 5.40. The van der Waals surface area contributed by atoms with E-state index in [0.29, 0.717) is 53.7 Å². The van der Waals surface area contributed by atoms with E-state index in [9.17, 15) is 33.9 Å². The Morgan fingerprint density at radius 2 is 1.76 bits per heavy atom. The van der Waals surface area contributed by atoms with Crippen LogP contribution in [0.2, 0.25) is 5.02 Å². The van der Waals surface area contributed by atoms with Crippen molar-refractivity contribution in [2.45, 2.75) is 25.3 Å². The maximum atomic E-state index is 16.9.